The summed E-state index contributed by atoms with van der Waals surface area (Å²) in [5.41, 5.74) is -0.969. The van der Waals surface area contributed by atoms with Crippen molar-refractivity contribution < 1.29 is 9.90 Å². The van der Waals surface area contributed by atoms with Crippen LogP contribution in [-0.4, -0.2) is 28.0 Å². The van der Waals surface area contributed by atoms with Crippen LogP contribution < -0.4 is 0 Å². The van der Waals surface area contributed by atoms with Gasteiger partial charge < -0.3 is 9.90 Å². The van der Waals surface area contributed by atoms with Crippen LogP contribution in [0, 0.1) is 0 Å². The second-order valence-corrected chi connectivity index (χ2v) is 7.17. The molecule has 19 heavy (non-hydrogen) atoms. The summed E-state index contributed by atoms with van der Waals surface area (Å²) in [7, 11) is 0. The number of aliphatic hydroxyl groups is 1. The van der Waals surface area contributed by atoms with Gasteiger partial charge in [0, 0.05) is 5.25 Å². The summed E-state index contributed by atoms with van der Waals surface area (Å²) in [4.78, 5) is 10.5. The molecule has 0 aromatic carbocycles. The molecule has 3 heteroatoms. The Balaban J connectivity index is 1.74. The summed E-state index contributed by atoms with van der Waals surface area (Å²) in [6.45, 7) is 2.26. The van der Waals surface area contributed by atoms with E-state index in [1.165, 1.54) is 64.2 Å². The predicted molar refractivity (Wildman–Crippen MR) is 83.7 cm³/mol. The van der Waals surface area contributed by atoms with Crippen molar-refractivity contribution >= 4 is 18.0 Å². The summed E-state index contributed by atoms with van der Waals surface area (Å²) >= 11 is 1.77. The van der Waals surface area contributed by atoms with Crippen LogP contribution in [0.15, 0.2) is 0 Å². The van der Waals surface area contributed by atoms with E-state index in [9.17, 15) is 9.90 Å². The van der Waals surface area contributed by atoms with Crippen LogP contribution in [0.4, 0.5) is 0 Å². The normalized spacial score (nSPS) is 25.5. The van der Waals surface area contributed by atoms with Gasteiger partial charge in [-0.05, 0) is 18.6 Å². The van der Waals surface area contributed by atoms with Crippen molar-refractivity contribution in [3.05, 3.63) is 0 Å². The summed E-state index contributed by atoms with van der Waals surface area (Å²) in [5.74, 6) is 1.09. The lowest BCUT2D eigenvalue weighted by Gasteiger charge is -2.03. The number of unbranched alkanes of at least 4 members (excludes halogenated alkanes) is 9. The number of rotatable bonds is 13. The number of carbonyl (C=O) groups excluding carboxylic acids is 1. The largest absolute Gasteiger partial charge is 0.381 e. The lowest BCUT2D eigenvalue weighted by atomic mass is 10.1. The summed E-state index contributed by atoms with van der Waals surface area (Å²) in [5, 5.41) is 9.75. The number of hydrogen-bond acceptors (Lipinski definition) is 3. The maximum absolute atomic E-state index is 10.5. The number of hydrogen-bond donors (Lipinski definition) is 1. The fourth-order valence-electron chi connectivity index (χ4n) is 2.38. The Labute approximate surface area is 122 Å². The molecule has 2 atom stereocenters. The molecule has 112 valence electrons. The average Bonchev–Trinajstić information content (AvgIpc) is 3.08. The molecule has 1 saturated carbocycles. The highest BCUT2D eigenvalue weighted by Gasteiger charge is 2.53. The third-order valence-corrected chi connectivity index (χ3v) is 5.43. The first-order valence-electron chi connectivity index (χ1n) is 8.03. The highest BCUT2D eigenvalue weighted by Crippen LogP contribution is 2.44. The molecule has 0 radical (unpaired) electrons. The lowest BCUT2D eigenvalue weighted by Crippen LogP contribution is -2.13. The van der Waals surface area contributed by atoms with Gasteiger partial charge in [0.15, 0.2) is 6.29 Å². The van der Waals surface area contributed by atoms with E-state index in [0.29, 0.717) is 12.7 Å². The molecular weight excluding hydrogens is 256 g/mol. The zero-order valence-electron chi connectivity index (χ0n) is 12.4. The molecule has 1 fully saturated rings. The minimum absolute atomic E-state index is 0.184. The summed E-state index contributed by atoms with van der Waals surface area (Å²) < 4.78 is 0. The van der Waals surface area contributed by atoms with E-state index in [1.54, 1.807) is 11.8 Å². The van der Waals surface area contributed by atoms with E-state index in [0.717, 1.165) is 5.75 Å². The van der Waals surface area contributed by atoms with Gasteiger partial charge in [0.1, 0.15) is 5.60 Å². The minimum Gasteiger partial charge on any atom is -0.381 e. The zero-order valence-corrected chi connectivity index (χ0v) is 13.2. The molecule has 1 N–H and O–H groups in total. The first kappa shape index (κ1) is 17.0. The van der Waals surface area contributed by atoms with Gasteiger partial charge >= 0.3 is 0 Å². The Bertz CT molecular complexity index is 245. The molecule has 0 amide bonds. The van der Waals surface area contributed by atoms with Crippen molar-refractivity contribution in [3.63, 3.8) is 0 Å². The third kappa shape index (κ3) is 7.36. The number of carbonyl (C=O) groups is 1. The van der Waals surface area contributed by atoms with Gasteiger partial charge in [0.25, 0.3) is 0 Å². The van der Waals surface area contributed by atoms with Crippen LogP contribution >= 0.6 is 11.8 Å². The number of thioether (sulfide) groups is 1. The molecule has 0 aliphatic heterocycles. The molecule has 2 unspecified atom stereocenters. The second kappa shape index (κ2) is 9.82. The summed E-state index contributed by atoms with van der Waals surface area (Å²) in [6.07, 6.45) is 15.0. The number of aldehydes is 1. The van der Waals surface area contributed by atoms with Crippen LogP contribution in [0.25, 0.3) is 0 Å². The predicted octanol–water partition coefficient (Wildman–Crippen LogP) is 4.34. The van der Waals surface area contributed by atoms with Gasteiger partial charge in [-0.25, -0.2) is 0 Å². The molecule has 0 aromatic heterocycles. The Morgan fingerprint density at radius 1 is 1.05 bits per heavy atom. The highest BCUT2D eigenvalue weighted by molar-refractivity contribution is 8.00. The van der Waals surface area contributed by atoms with Crippen LogP contribution in [0.1, 0.15) is 77.6 Å². The van der Waals surface area contributed by atoms with E-state index < -0.39 is 5.60 Å². The van der Waals surface area contributed by atoms with E-state index in [-0.39, 0.29) is 5.25 Å². The summed E-state index contributed by atoms with van der Waals surface area (Å²) in [6, 6.07) is 0. The smallest absolute Gasteiger partial charge is 0.152 e. The maximum atomic E-state index is 10.5. The lowest BCUT2D eigenvalue weighted by molar-refractivity contribution is -0.116. The van der Waals surface area contributed by atoms with Gasteiger partial charge in [0.05, 0.1) is 0 Å². The standard InChI is InChI=1S/C16H30O2S/c1-2-3-4-5-6-7-8-9-10-11-12-19-15-13-16(15,18)14-17/h14-15,18H,2-13H2,1H3. The molecular formula is C16H30O2S. The van der Waals surface area contributed by atoms with Crippen LogP contribution in [0.2, 0.25) is 0 Å². The molecule has 0 spiro atoms. The first-order chi connectivity index (χ1) is 9.23. The van der Waals surface area contributed by atoms with Crippen molar-refractivity contribution in [3.8, 4) is 0 Å². The maximum Gasteiger partial charge on any atom is 0.152 e. The molecule has 0 saturated heterocycles. The van der Waals surface area contributed by atoms with Crippen molar-refractivity contribution in [1.29, 1.82) is 0 Å². The molecule has 0 aromatic rings. The quantitative estimate of drug-likeness (QED) is 0.404. The van der Waals surface area contributed by atoms with E-state index >= 15 is 0 Å². The average molecular weight is 286 g/mol. The Hall–Kier alpha value is -0.0200. The first-order valence-corrected chi connectivity index (χ1v) is 9.08. The van der Waals surface area contributed by atoms with Crippen LogP contribution in [-0.2, 0) is 4.79 Å². The van der Waals surface area contributed by atoms with Gasteiger partial charge in [-0.15, -0.1) is 0 Å². The SMILES string of the molecule is CCCCCCCCCCCCSC1CC1(O)C=O. The zero-order chi connectivity index (χ0) is 14.0. The molecule has 0 heterocycles. The topological polar surface area (TPSA) is 37.3 Å². The molecule has 2 nitrogen and oxygen atoms in total. The Kier molecular flexibility index (Phi) is 8.80. The van der Waals surface area contributed by atoms with Gasteiger partial charge in [-0.2, -0.15) is 11.8 Å². The third-order valence-electron chi connectivity index (χ3n) is 3.93. The van der Waals surface area contributed by atoms with E-state index in [1.807, 2.05) is 0 Å². The monoisotopic (exact) mass is 286 g/mol. The van der Waals surface area contributed by atoms with Crippen molar-refractivity contribution in [1.82, 2.24) is 0 Å². The van der Waals surface area contributed by atoms with Gasteiger partial charge in [-0.3, -0.25) is 0 Å². The fraction of sp³-hybridized carbons (Fsp3) is 0.938. The Morgan fingerprint density at radius 2 is 1.58 bits per heavy atom. The van der Waals surface area contributed by atoms with Crippen LogP contribution in [0.3, 0.4) is 0 Å². The molecule has 1 rings (SSSR count). The molecule has 0 bridgehead atoms. The van der Waals surface area contributed by atoms with E-state index in [2.05, 4.69) is 6.92 Å². The minimum atomic E-state index is -0.969. The van der Waals surface area contributed by atoms with Gasteiger partial charge in [0.2, 0.25) is 0 Å². The van der Waals surface area contributed by atoms with Crippen molar-refractivity contribution in [2.75, 3.05) is 5.75 Å². The van der Waals surface area contributed by atoms with E-state index in [4.69, 9.17) is 0 Å². The van der Waals surface area contributed by atoms with Gasteiger partial charge in [-0.1, -0.05) is 64.7 Å². The van der Waals surface area contributed by atoms with Crippen molar-refractivity contribution in [2.45, 2.75) is 88.4 Å². The van der Waals surface area contributed by atoms with Crippen LogP contribution in [0.5, 0.6) is 0 Å². The molecule has 1 aliphatic carbocycles. The second-order valence-electron chi connectivity index (χ2n) is 5.85. The molecule has 1 aliphatic rings. The highest BCUT2D eigenvalue weighted by atomic mass is 32.2. The van der Waals surface area contributed by atoms with Crippen molar-refractivity contribution in [2.24, 2.45) is 0 Å². The fourth-order valence-corrected chi connectivity index (χ4v) is 3.76. The Morgan fingerprint density at radius 3 is 2.05 bits per heavy atom.